The van der Waals surface area contributed by atoms with Crippen molar-refractivity contribution in [1.82, 2.24) is 5.32 Å². The molecule has 0 aliphatic rings. The van der Waals surface area contributed by atoms with Crippen LogP contribution in [0.3, 0.4) is 0 Å². The molecule has 1 aromatic rings. The number of benzene rings is 1. The molecule has 19 heavy (non-hydrogen) atoms. The minimum atomic E-state index is -0.746. The molecule has 0 aliphatic heterocycles. The zero-order valence-electron chi connectivity index (χ0n) is 11.1. The Morgan fingerprint density at radius 1 is 1.42 bits per heavy atom. The number of halogens is 1. The topological polar surface area (TPSA) is 75.4 Å². The number of nitro benzene ring substituents is 1. The lowest BCUT2D eigenvalue weighted by Crippen LogP contribution is -2.39. The van der Waals surface area contributed by atoms with E-state index in [0.29, 0.717) is 36.0 Å². The average Bonchev–Trinajstić information content (AvgIpc) is 2.40. The Morgan fingerprint density at radius 3 is 2.58 bits per heavy atom. The van der Waals surface area contributed by atoms with Gasteiger partial charge in [-0.15, -0.1) is 0 Å². The third-order valence-corrected chi connectivity index (χ3v) is 3.82. The lowest BCUT2D eigenvalue weighted by atomic mass is 9.97. The van der Waals surface area contributed by atoms with Gasteiger partial charge in [0, 0.05) is 29.2 Å². The van der Waals surface area contributed by atoms with Crippen molar-refractivity contribution in [3.63, 3.8) is 0 Å². The molecule has 0 radical (unpaired) electrons. The summed E-state index contributed by atoms with van der Waals surface area (Å²) < 4.78 is 0.682. The molecule has 0 bridgehead atoms. The molecule has 0 heterocycles. The molecule has 0 unspecified atom stereocenters. The fourth-order valence-electron chi connectivity index (χ4n) is 1.79. The molecule has 0 aliphatic carbocycles. The zero-order chi connectivity index (χ0) is 14.5. The van der Waals surface area contributed by atoms with Crippen LogP contribution in [0.1, 0.15) is 32.3 Å². The second-order valence-electron chi connectivity index (χ2n) is 4.57. The molecule has 2 N–H and O–H groups in total. The van der Waals surface area contributed by atoms with Crippen molar-refractivity contribution >= 4 is 21.6 Å². The zero-order valence-corrected chi connectivity index (χ0v) is 12.7. The van der Waals surface area contributed by atoms with E-state index >= 15 is 0 Å². The summed E-state index contributed by atoms with van der Waals surface area (Å²) in [5.41, 5.74) is -0.0504. The molecule has 5 nitrogen and oxygen atoms in total. The Morgan fingerprint density at radius 2 is 2.05 bits per heavy atom. The molecule has 1 aromatic carbocycles. The predicted octanol–water partition coefficient (Wildman–Crippen LogP) is 3.00. The number of hydrogen-bond acceptors (Lipinski definition) is 4. The van der Waals surface area contributed by atoms with Crippen molar-refractivity contribution in [1.29, 1.82) is 0 Å². The predicted molar refractivity (Wildman–Crippen MR) is 78.0 cm³/mol. The van der Waals surface area contributed by atoms with E-state index in [1.807, 2.05) is 13.8 Å². The van der Waals surface area contributed by atoms with Gasteiger partial charge in [0.25, 0.3) is 5.69 Å². The van der Waals surface area contributed by atoms with Crippen molar-refractivity contribution in [2.75, 3.05) is 6.54 Å². The van der Waals surface area contributed by atoms with Gasteiger partial charge in [-0.1, -0.05) is 29.8 Å². The smallest absolute Gasteiger partial charge is 0.275 e. The molecule has 106 valence electrons. The lowest BCUT2D eigenvalue weighted by molar-refractivity contribution is -0.385. The van der Waals surface area contributed by atoms with Crippen LogP contribution in [-0.2, 0) is 6.54 Å². The first-order valence-electron chi connectivity index (χ1n) is 6.27. The van der Waals surface area contributed by atoms with Crippen molar-refractivity contribution in [2.45, 2.75) is 38.8 Å². The Hall–Kier alpha value is -0.980. The summed E-state index contributed by atoms with van der Waals surface area (Å²) in [6.07, 6.45) is 1.30. The molecule has 0 aromatic heterocycles. The van der Waals surface area contributed by atoms with Crippen LogP contribution in [0.5, 0.6) is 0 Å². The standard InChI is InChI=1S/C13H19BrN2O3/c1-3-13(17,4-2)9-15-8-10-5-6-11(14)7-12(10)16(18)19/h5-7,15,17H,3-4,8-9H2,1-2H3. The van der Waals surface area contributed by atoms with Gasteiger partial charge in [0.1, 0.15) is 0 Å². The van der Waals surface area contributed by atoms with Crippen molar-refractivity contribution in [2.24, 2.45) is 0 Å². The van der Waals surface area contributed by atoms with Gasteiger partial charge in [-0.25, -0.2) is 0 Å². The quantitative estimate of drug-likeness (QED) is 0.595. The van der Waals surface area contributed by atoms with Gasteiger partial charge in [0.15, 0.2) is 0 Å². The Bertz CT molecular complexity index is 448. The van der Waals surface area contributed by atoms with Gasteiger partial charge < -0.3 is 10.4 Å². The summed E-state index contributed by atoms with van der Waals surface area (Å²) in [6.45, 7) is 4.64. The second-order valence-corrected chi connectivity index (χ2v) is 5.48. The Balaban J connectivity index is 2.71. The second kappa shape index (κ2) is 6.98. The highest BCUT2D eigenvalue weighted by Gasteiger charge is 2.22. The highest BCUT2D eigenvalue weighted by molar-refractivity contribution is 9.10. The van der Waals surface area contributed by atoms with E-state index in [1.54, 1.807) is 12.1 Å². The molecular weight excluding hydrogens is 312 g/mol. The van der Waals surface area contributed by atoms with Gasteiger partial charge in [-0.2, -0.15) is 0 Å². The van der Waals surface area contributed by atoms with E-state index in [-0.39, 0.29) is 5.69 Å². The van der Waals surface area contributed by atoms with Crippen LogP contribution in [0.15, 0.2) is 22.7 Å². The number of nitro groups is 1. The first kappa shape index (κ1) is 16.1. The number of rotatable bonds is 7. The molecule has 0 amide bonds. The highest BCUT2D eigenvalue weighted by Crippen LogP contribution is 2.23. The average molecular weight is 331 g/mol. The molecule has 0 fully saturated rings. The minimum Gasteiger partial charge on any atom is -0.389 e. The van der Waals surface area contributed by atoms with Crippen LogP contribution < -0.4 is 5.32 Å². The maximum atomic E-state index is 11.0. The largest absolute Gasteiger partial charge is 0.389 e. The summed E-state index contributed by atoms with van der Waals surface area (Å²) in [4.78, 5) is 10.6. The van der Waals surface area contributed by atoms with Gasteiger partial charge >= 0.3 is 0 Å². The van der Waals surface area contributed by atoms with Gasteiger partial charge in [0.05, 0.1) is 10.5 Å². The van der Waals surface area contributed by atoms with Crippen molar-refractivity contribution < 1.29 is 10.0 Å². The van der Waals surface area contributed by atoms with Crippen LogP contribution >= 0.6 is 15.9 Å². The van der Waals surface area contributed by atoms with E-state index < -0.39 is 10.5 Å². The molecule has 0 saturated carbocycles. The Labute approximate surface area is 121 Å². The van der Waals surface area contributed by atoms with E-state index in [9.17, 15) is 15.2 Å². The van der Waals surface area contributed by atoms with E-state index in [1.165, 1.54) is 6.07 Å². The lowest BCUT2D eigenvalue weighted by Gasteiger charge is -2.25. The molecule has 1 rings (SSSR count). The van der Waals surface area contributed by atoms with E-state index in [0.717, 1.165) is 0 Å². The third kappa shape index (κ3) is 4.56. The van der Waals surface area contributed by atoms with Crippen molar-refractivity contribution in [3.8, 4) is 0 Å². The van der Waals surface area contributed by atoms with E-state index in [2.05, 4.69) is 21.2 Å². The van der Waals surface area contributed by atoms with Gasteiger partial charge in [-0.3, -0.25) is 10.1 Å². The molecular formula is C13H19BrN2O3. The van der Waals surface area contributed by atoms with Crippen LogP contribution in [0, 0.1) is 10.1 Å². The maximum absolute atomic E-state index is 11.0. The SMILES string of the molecule is CCC(O)(CC)CNCc1ccc(Br)cc1[N+](=O)[O-]. The van der Waals surface area contributed by atoms with Crippen LogP contribution in [0.2, 0.25) is 0 Å². The number of nitrogens with one attached hydrogen (secondary N) is 1. The summed E-state index contributed by atoms with van der Waals surface area (Å²) in [5, 5.41) is 24.2. The number of aliphatic hydroxyl groups is 1. The molecule has 6 heteroatoms. The van der Waals surface area contributed by atoms with E-state index in [4.69, 9.17) is 0 Å². The minimum absolute atomic E-state index is 0.0819. The summed E-state index contributed by atoms with van der Waals surface area (Å²) >= 11 is 3.22. The van der Waals surface area contributed by atoms with Gasteiger partial charge in [0.2, 0.25) is 0 Å². The molecule has 0 saturated heterocycles. The number of nitrogens with zero attached hydrogens (tertiary/aromatic N) is 1. The first-order chi connectivity index (χ1) is 8.91. The summed E-state index contributed by atoms with van der Waals surface area (Å²) in [5.74, 6) is 0. The fourth-order valence-corrected chi connectivity index (χ4v) is 2.14. The first-order valence-corrected chi connectivity index (χ1v) is 7.07. The normalized spacial score (nSPS) is 11.6. The summed E-state index contributed by atoms with van der Waals surface area (Å²) in [7, 11) is 0. The molecule has 0 atom stereocenters. The van der Waals surface area contributed by atoms with Crippen molar-refractivity contribution in [3.05, 3.63) is 38.3 Å². The van der Waals surface area contributed by atoms with Crippen LogP contribution in [-0.4, -0.2) is 22.2 Å². The fraction of sp³-hybridized carbons (Fsp3) is 0.538. The number of hydrogen-bond donors (Lipinski definition) is 2. The molecule has 0 spiro atoms. The van der Waals surface area contributed by atoms with Gasteiger partial charge in [-0.05, 0) is 25.0 Å². The Kier molecular flexibility index (Phi) is 5.90. The third-order valence-electron chi connectivity index (χ3n) is 3.33. The maximum Gasteiger partial charge on any atom is 0.275 e. The van der Waals surface area contributed by atoms with Crippen LogP contribution in [0.4, 0.5) is 5.69 Å². The highest BCUT2D eigenvalue weighted by atomic mass is 79.9. The monoisotopic (exact) mass is 330 g/mol. The van der Waals surface area contributed by atoms with Crippen LogP contribution in [0.25, 0.3) is 0 Å². The summed E-state index contributed by atoms with van der Waals surface area (Å²) in [6, 6.07) is 4.98.